The molecule has 120 valence electrons. The zero-order valence-electron chi connectivity index (χ0n) is 13.6. The number of rotatable bonds is 10. The van der Waals surface area contributed by atoms with Crippen LogP contribution < -0.4 is 5.32 Å². The lowest BCUT2D eigenvalue weighted by Crippen LogP contribution is -2.45. The van der Waals surface area contributed by atoms with Gasteiger partial charge in [0.05, 0.1) is 6.04 Å². The predicted octanol–water partition coefficient (Wildman–Crippen LogP) is 3.96. The lowest BCUT2D eigenvalue weighted by atomic mass is 10.0. The maximum Gasteiger partial charge on any atom is 0.172 e. The van der Waals surface area contributed by atoms with Gasteiger partial charge in [0.2, 0.25) is 0 Å². The summed E-state index contributed by atoms with van der Waals surface area (Å²) in [6, 6.07) is 6.29. The average molecular weight is 314 g/mol. The highest BCUT2D eigenvalue weighted by molar-refractivity contribution is 6.31. The van der Waals surface area contributed by atoms with E-state index in [4.69, 9.17) is 21.1 Å². The molecule has 1 atom stereocenters. The molecule has 0 fully saturated rings. The molecule has 0 spiro atoms. The monoisotopic (exact) mass is 313 g/mol. The summed E-state index contributed by atoms with van der Waals surface area (Å²) >= 11 is 6.36. The van der Waals surface area contributed by atoms with E-state index in [2.05, 4.69) is 24.4 Å². The molecule has 0 aromatic heterocycles. The predicted molar refractivity (Wildman–Crippen MR) is 89.0 cm³/mol. The van der Waals surface area contributed by atoms with Crippen LogP contribution in [0.4, 0.5) is 0 Å². The first-order valence-electron chi connectivity index (χ1n) is 7.83. The van der Waals surface area contributed by atoms with Crippen LogP contribution in [-0.4, -0.2) is 32.1 Å². The minimum absolute atomic E-state index is 0.102. The second kappa shape index (κ2) is 10.2. The van der Waals surface area contributed by atoms with Crippen molar-refractivity contribution in [1.29, 1.82) is 0 Å². The zero-order chi connectivity index (χ0) is 15.7. The number of hydrogen-bond donors (Lipinski definition) is 1. The number of ether oxygens (including phenoxy) is 2. The van der Waals surface area contributed by atoms with Crippen LogP contribution in [0.15, 0.2) is 18.2 Å². The van der Waals surface area contributed by atoms with Crippen LogP contribution >= 0.6 is 11.6 Å². The summed E-state index contributed by atoms with van der Waals surface area (Å²) in [6.45, 7) is 10.4. The van der Waals surface area contributed by atoms with E-state index in [9.17, 15) is 0 Å². The van der Waals surface area contributed by atoms with E-state index in [1.807, 2.05) is 26.8 Å². The SMILES string of the molecule is CCCNC(Cc1ccc(C)cc1Cl)C(OCC)OCC. The fourth-order valence-electron chi connectivity index (χ4n) is 2.26. The highest BCUT2D eigenvalue weighted by Crippen LogP contribution is 2.20. The molecule has 0 aliphatic heterocycles. The zero-order valence-corrected chi connectivity index (χ0v) is 14.4. The van der Waals surface area contributed by atoms with Crippen LogP contribution in [0.3, 0.4) is 0 Å². The van der Waals surface area contributed by atoms with E-state index >= 15 is 0 Å². The maximum absolute atomic E-state index is 6.36. The number of hydrogen-bond acceptors (Lipinski definition) is 3. The third-order valence-corrected chi connectivity index (χ3v) is 3.65. The smallest absolute Gasteiger partial charge is 0.172 e. The van der Waals surface area contributed by atoms with Crippen LogP contribution in [-0.2, 0) is 15.9 Å². The molecule has 0 saturated heterocycles. The Morgan fingerprint density at radius 1 is 1.14 bits per heavy atom. The first-order valence-corrected chi connectivity index (χ1v) is 8.21. The van der Waals surface area contributed by atoms with Gasteiger partial charge in [0.25, 0.3) is 0 Å². The summed E-state index contributed by atoms with van der Waals surface area (Å²) in [6.07, 6.45) is 1.62. The molecule has 0 heterocycles. The molecule has 1 unspecified atom stereocenters. The van der Waals surface area contributed by atoms with E-state index in [1.165, 1.54) is 5.56 Å². The minimum Gasteiger partial charge on any atom is -0.351 e. The Kier molecular flexibility index (Phi) is 8.93. The summed E-state index contributed by atoms with van der Waals surface area (Å²) in [4.78, 5) is 0. The van der Waals surface area contributed by atoms with Crippen LogP contribution in [0.1, 0.15) is 38.3 Å². The van der Waals surface area contributed by atoms with Crippen molar-refractivity contribution in [3.63, 3.8) is 0 Å². The molecule has 1 aromatic rings. The van der Waals surface area contributed by atoms with Crippen LogP contribution in [0.5, 0.6) is 0 Å². The van der Waals surface area contributed by atoms with E-state index in [-0.39, 0.29) is 12.3 Å². The molecule has 0 amide bonds. The van der Waals surface area contributed by atoms with Crippen molar-refractivity contribution in [2.75, 3.05) is 19.8 Å². The molecule has 0 aliphatic rings. The van der Waals surface area contributed by atoms with Crippen molar-refractivity contribution in [2.45, 2.75) is 52.9 Å². The molecular formula is C17H28ClNO2. The molecule has 0 radical (unpaired) electrons. The number of halogens is 1. The fourth-order valence-corrected chi connectivity index (χ4v) is 2.57. The first-order chi connectivity index (χ1) is 10.1. The van der Waals surface area contributed by atoms with Gasteiger partial charge in [0.15, 0.2) is 6.29 Å². The van der Waals surface area contributed by atoms with Crippen LogP contribution in [0.25, 0.3) is 0 Å². The number of nitrogens with one attached hydrogen (secondary N) is 1. The molecule has 1 N–H and O–H groups in total. The summed E-state index contributed by atoms with van der Waals surface area (Å²) < 4.78 is 11.5. The molecular weight excluding hydrogens is 286 g/mol. The Bertz CT molecular complexity index is 406. The van der Waals surface area contributed by atoms with E-state index < -0.39 is 0 Å². The molecule has 0 saturated carbocycles. The molecule has 4 heteroatoms. The van der Waals surface area contributed by atoms with E-state index in [0.29, 0.717) is 13.2 Å². The molecule has 1 rings (SSSR count). The van der Waals surface area contributed by atoms with E-state index in [0.717, 1.165) is 30.0 Å². The summed E-state index contributed by atoms with van der Waals surface area (Å²) in [5, 5.41) is 4.33. The Morgan fingerprint density at radius 2 is 1.81 bits per heavy atom. The summed E-state index contributed by atoms with van der Waals surface area (Å²) in [5.41, 5.74) is 2.30. The van der Waals surface area contributed by atoms with Gasteiger partial charge >= 0.3 is 0 Å². The molecule has 0 bridgehead atoms. The lowest BCUT2D eigenvalue weighted by Gasteiger charge is -2.28. The van der Waals surface area contributed by atoms with Gasteiger partial charge < -0.3 is 14.8 Å². The number of aryl methyl sites for hydroxylation is 1. The van der Waals surface area contributed by atoms with Gasteiger partial charge in [-0.25, -0.2) is 0 Å². The maximum atomic E-state index is 6.36. The first kappa shape index (κ1) is 18.4. The van der Waals surface area contributed by atoms with Gasteiger partial charge in [0.1, 0.15) is 0 Å². The second-order valence-corrected chi connectivity index (χ2v) is 5.55. The van der Waals surface area contributed by atoms with Gasteiger partial charge in [-0.15, -0.1) is 0 Å². The fraction of sp³-hybridized carbons (Fsp3) is 0.647. The Hall–Kier alpha value is -0.610. The highest BCUT2D eigenvalue weighted by Gasteiger charge is 2.23. The van der Waals surface area contributed by atoms with Crippen molar-refractivity contribution < 1.29 is 9.47 Å². The van der Waals surface area contributed by atoms with Crippen LogP contribution in [0, 0.1) is 6.92 Å². The van der Waals surface area contributed by atoms with Crippen molar-refractivity contribution in [3.05, 3.63) is 34.3 Å². The minimum atomic E-state index is -0.246. The van der Waals surface area contributed by atoms with Crippen molar-refractivity contribution in [3.8, 4) is 0 Å². The van der Waals surface area contributed by atoms with Gasteiger partial charge in [-0.2, -0.15) is 0 Å². The van der Waals surface area contributed by atoms with E-state index in [1.54, 1.807) is 0 Å². The van der Waals surface area contributed by atoms with Crippen molar-refractivity contribution >= 4 is 11.6 Å². The second-order valence-electron chi connectivity index (χ2n) is 5.14. The molecule has 1 aromatic carbocycles. The average Bonchev–Trinajstić information content (AvgIpc) is 2.45. The number of benzene rings is 1. The van der Waals surface area contributed by atoms with Gasteiger partial charge in [-0.3, -0.25) is 0 Å². The Balaban J connectivity index is 2.84. The lowest BCUT2D eigenvalue weighted by molar-refractivity contribution is -0.153. The van der Waals surface area contributed by atoms with Crippen molar-refractivity contribution in [1.82, 2.24) is 5.32 Å². The standard InChI is InChI=1S/C17H28ClNO2/c1-5-10-19-16(17(20-6-2)21-7-3)12-14-9-8-13(4)11-15(14)18/h8-9,11,16-17,19H,5-7,10,12H2,1-4H3. The molecule has 21 heavy (non-hydrogen) atoms. The van der Waals surface area contributed by atoms with Gasteiger partial charge in [-0.05, 0) is 57.4 Å². The molecule has 3 nitrogen and oxygen atoms in total. The normalized spacial score (nSPS) is 12.9. The topological polar surface area (TPSA) is 30.5 Å². The highest BCUT2D eigenvalue weighted by atomic mass is 35.5. The summed E-state index contributed by atoms with van der Waals surface area (Å²) in [7, 11) is 0. The third kappa shape index (κ3) is 6.35. The molecule has 0 aliphatic carbocycles. The van der Waals surface area contributed by atoms with Gasteiger partial charge in [0, 0.05) is 18.2 Å². The largest absolute Gasteiger partial charge is 0.351 e. The van der Waals surface area contributed by atoms with Crippen LogP contribution in [0.2, 0.25) is 5.02 Å². The van der Waals surface area contributed by atoms with Crippen molar-refractivity contribution in [2.24, 2.45) is 0 Å². The summed E-state index contributed by atoms with van der Waals surface area (Å²) in [5.74, 6) is 0. The third-order valence-electron chi connectivity index (χ3n) is 3.30. The van der Waals surface area contributed by atoms with Gasteiger partial charge in [-0.1, -0.05) is 30.7 Å². The quantitative estimate of drug-likeness (QED) is 0.663. The Morgan fingerprint density at radius 3 is 2.33 bits per heavy atom. The Labute approximate surface area is 134 Å².